The van der Waals surface area contributed by atoms with Crippen molar-refractivity contribution in [3.63, 3.8) is 0 Å². The van der Waals surface area contributed by atoms with Crippen LogP contribution in [0.15, 0.2) is 45.8 Å². The van der Waals surface area contributed by atoms with Gasteiger partial charge in [-0.05, 0) is 31.4 Å². The van der Waals surface area contributed by atoms with E-state index in [1.807, 2.05) is 44.2 Å². The Morgan fingerprint density at radius 1 is 1.10 bits per heavy atom. The van der Waals surface area contributed by atoms with Crippen molar-refractivity contribution in [1.82, 2.24) is 5.16 Å². The molecule has 1 aromatic heterocycles. The summed E-state index contributed by atoms with van der Waals surface area (Å²) in [6, 6.07) is 11.6. The summed E-state index contributed by atoms with van der Waals surface area (Å²) in [7, 11) is 0. The third-order valence-corrected chi connectivity index (χ3v) is 4.51. The van der Waals surface area contributed by atoms with Gasteiger partial charge in [0.25, 0.3) is 0 Å². The van der Waals surface area contributed by atoms with Crippen LogP contribution in [0.5, 0.6) is 5.75 Å². The molecular formula is C16H15NO2S. The molecule has 0 fully saturated rings. The molecule has 4 heteroatoms. The van der Waals surface area contributed by atoms with Crippen LogP contribution in [0, 0.1) is 13.8 Å². The Labute approximate surface area is 121 Å². The number of fused-ring (bicyclic) bond motifs is 1. The molecule has 0 amide bonds. The SMILES string of the molecule is Cc1noc(C)c1CSc1ccc(O)c2ccccc12. The van der Waals surface area contributed by atoms with Crippen molar-refractivity contribution in [2.75, 3.05) is 0 Å². The molecule has 1 N–H and O–H groups in total. The Bertz CT molecular complexity index is 745. The fourth-order valence-electron chi connectivity index (χ4n) is 2.24. The highest BCUT2D eigenvalue weighted by molar-refractivity contribution is 7.98. The van der Waals surface area contributed by atoms with Crippen molar-refractivity contribution in [3.8, 4) is 5.75 Å². The Morgan fingerprint density at radius 2 is 1.85 bits per heavy atom. The predicted molar refractivity (Wildman–Crippen MR) is 81.2 cm³/mol. The first-order valence-corrected chi connectivity index (χ1v) is 7.40. The number of phenolic OH excluding ortho intramolecular Hbond substituents is 1. The van der Waals surface area contributed by atoms with Crippen LogP contribution in [-0.4, -0.2) is 10.3 Å². The van der Waals surface area contributed by atoms with Gasteiger partial charge < -0.3 is 9.63 Å². The van der Waals surface area contributed by atoms with Gasteiger partial charge in [-0.3, -0.25) is 0 Å². The molecule has 0 bridgehead atoms. The van der Waals surface area contributed by atoms with Crippen molar-refractivity contribution in [3.05, 3.63) is 53.4 Å². The van der Waals surface area contributed by atoms with E-state index in [0.717, 1.165) is 38.4 Å². The zero-order valence-corrected chi connectivity index (χ0v) is 12.2. The van der Waals surface area contributed by atoms with E-state index in [0.29, 0.717) is 5.75 Å². The van der Waals surface area contributed by atoms with Gasteiger partial charge in [-0.2, -0.15) is 0 Å². The van der Waals surface area contributed by atoms with E-state index in [9.17, 15) is 5.11 Å². The summed E-state index contributed by atoms with van der Waals surface area (Å²) >= 11 is 1.73. The second-order valence-electron chi connectivity index (χ2n) is 4.72. The van der Waals surface area contributed by atoms with Gasteiger partial charge in [0.1, 0.15) is 11.5 Å². The molecule has 1 heterocycles. The Hall–Kier alpha value is -1.94. The molecule has 3 rings (SSSR count). The van der Waals surface area contributed by atoms with E-state index in [4.69, 9.17) is 4.52 Å². The number of aromatic hydroxyl groups is 1. The van der Waals surface area contributed by atoms with Gasteiger partial charge in [-0.1, -0.05) is 29.4 Å². The second-order valence-corrected chi connectivity index (χ2v) is 5.74. The first-order valence-electron chi connectivity index (χ1n) is 6.42. The Balaban J connectivity index is 1.94. The monoisotopic (exact) mass is 285 g/mol. The summed E-state index contributed by atoms with van der Waals surface area (Å²) in [4.78, 5) is 1.15. The predicted octanol–water partition coefficient (Wildman–Crippen LogP) is 4.44. The van der Waals surface area contributed by atoms with Crippen molar-refractivity contribution >= 4 is 22.5 Å². The van der Waals surface area contributed by atoms with Crippen LogP contribution in [0.25, 0.3) is 10.8 Å². The molecule has 3 nitrogen and oxygen atoms in total. The maximum atomic E-state index is 9.90. The summed E-state index contributed by atoms with van der Waals surface area (Å²) in [5.41, 5.74) is 2.09. The highest BCUT2D eigenvalue weighted by Gasteiger charge is 2.11. The lowest BCUT2D eigenvalue weighted by molar-refractivity contribution is 0.392. The van der Waals surface area contributed by atoms with E-state index >= 15 is 0 Å². The summed E-state index contributed by atoms with van der Waals surface area (Å²) in [6.07, 6.45) is 0. The van der Waals surface area contributed by atoms with Crippen LogP contribution in [-0.2, 0) is 5.75 Å². The molecule has 0 atom stereocenters. The molecule has 0 radical (unpaired) electrons. The quantitative estimate of drug-likeness (QED) is 0.722. The fourth-order valence-corrected chi connectivity index (χ4v) is 3.45. The number of nitrogens with zero attached hydrogens (tertiary/aromatic N) is 1. The minimum absolute atomic E-state index is 0.322. The van der Waals surface area contributed by atoms with Gasteiger partial charge in [-0.25, -0.2) is 0 Å². The first kappa shape index (κ1) is 13.1. The minimum atomic E-state index is 0.322. The van der Waals surface area contributed by atoms with E-state index < -0.39 is 0 Å². The number of aryl methyl sites for hydroxylation is 2. The number of hydrogen-bond acceptors (Lipinski definition) is 4. The molecular weight excluding hydrogens is 270 g/mol. The van der Waals surface area contributed by atoms with E-state index in [1.54, 1.807) is 17.8 Å². The van der Waals surface area contributed by atoms with Crippen LogP contribution in [0.1, 0.15) is 17.0 Å². The Kier molecular flexibility index (Phi) is 3.40. The van der Waals surface area contributed by atoms with Gasteiger partial charge in [0, 0.05) is 21.6 Å². The number of rotatable bonds is 3. The lowest BCUT2D eigenvalue weighted by atomic mass is 10.1. The second kappa shape index (κ2) is 5.21. The maximum Gasteiger partial charge on any atom is 0.137 e. The third kappa shape index (κ3) is 2.27. The molecule has 0 aliphatic rings. The van der Waals surface area contributed by atoms with Gasteiger partial charge in [0.2, 0.25) is 0 Å². The molecule has 0 saturated carbocycles. The number of aromatic nitrogens is 1. The van der Waals surface area contributed by atoms with E-state index in [2.05, 4.69) is 5.16 Å². The largest absolute Gasteiger partial charge is 0.507 e. The van der Waals surface area contributed by atoms with Crippen molar-refractivity contribution in [1.29, 1.82) is 0 Å². The molecule has 3 aromatic rings. The van der Waals surface area contributed by atoms with Crippen LogP contribution >= 0.6 is 11.8 Å². The first-order chi connectivity index (χ1) is 9.66. The molecule has 20 heavy (non-hydrogen) atoms. The highest BCUT2D eigenvalue weighted by Crippen LogP contribution is 2.35. The summed E-state index contributed by atoms with van der Waals surface area (Å²) < 4.78 is 5.19. The Morgan fingerprint density at radius 3 is 2.55 bits per heavy atom. The van der Waals surface area contributed by atoms with Gasteiger partial charge in [0.05, 0.1) is 5.69 Å². The van der Waals surface area contributed by atoms with Gasteiger partial charge in [0.15, 0.2) is 0 Å². The average Bonchev–Trinajstić information content (AvgIpc) is 2.78. The minimum Gasteiger partial charge on any atom is -0.507 e. The smallest absolute Gasteiger partial charge is 0.137 e. The molecule has 102 valence electrons. The van der Waals surface area contributed by atoms with Crippen LogP contribution in [0.2, 0.25) is 0 Å². The summed E-state index contributed by atoms with van der Waals surface area (Å²) in [5, 5.41) is 15.8. The van der Waals surface area contributed by atoms with E-state index in [1.165, 1.54) is 0 Å². The number of hydrogen-bond donors (Lipinski definition) is 1. The van der Waals surface area contributed by atoms with Crippen LogP contribution in [0.3, 0.4) is 0 Å². The molecule has 0 aliphatic carbocycles. The topological polar surface area (TPSA) is 46.3 Å². The van der Waals surface area contributed by atoms with Crippen molar-refractivity contribution in [2.45, 2.75) is 24.5 Å². The molecule has 0 saturated heterocycles. The number of thioether (sulfide) groups is 1. The molecule has 2 aromatic carbocycles. The fraction of sp³-hybridized carbons (Fsp3) is 0.188. The van der Waals surface area contributed by atoms with Crippen molar-refractivity contribution < 1.29 is 9.63 Å². The van der Waals surface area contributed by atoms with Crippen LogP contribution in [0.4, 0.5) is 0 Å². The normalized spacial score (nSPS) is 11.1. The highest BCUT2D eigenvalue weighted by atomic mass is 32.2. The summed E-state index contributed by atoms with van der Waals surface area (Å²) in [5.74, 6) is 2.01. The third-order valence-electron chi connectivity index (χ3n) is 3.41. The van der Waals surface area contributed by atoms with Gasteiger partial charge >= 0.3 is 0 Å². The lowest BCUT2D eigenvalue weighted by Crippen LogP contribution is -1.86. The average molecular weight is 285 g/mol. The zero-order valence-electron chi connectivity index (χ0n) is 11.4. The molecule has 0 unspecified atom stereocenters. The molecule has 0 spiro atoms. The number of benzene rings is 2. The summed E-state index contributed by atoms with van der Waals surface area (Å²) in [6.45, 7) is 3.89. The zero-order chi connectivity index (χ0) is 14.1. The van der Waals surface area contributed by atoms with Crippen LogP contribution < -0.4 is 0 Å². The van der Waals surface area contributed by atoms with Gasteiger partial charge in [-0.15, -0.1) is 11.8 Å². The maximum absolute atomic E-state index is 9.90. The van der Waals surface area contributed by atoms with Crippen molar-refractivity contribution in [2.24, 2.45) is 0 Å². The number of phenols is 1. The standard InChI is InChI=1S/C16H15NO2S/c1-10-14(11(2)19-17-10)9-20-16-8-7-15(18)12-5-3-4-6-13(12)16/h3-8,18H,9H2,1-2H3. The van der Waals surface area contributed by atoms with E-state index in [-0.39, 0.29) is 0 Å². The lowest BCUT2D eigenvalue weighted by Gasteiger charge is -2.07. The molecule has 0 aliphatic heterocycles.